The average Bonchev–Trinajstić information content (AvgIpc) is 3.58. The van der Waals surface area contributed by atoms with E-state index in [4.69, 9.17) is 5.73 Å². The van der Waals surface area contributed by atoms with Gasteiger partial charge in [0.15, 0.2) is 0 Å². The van der Waals surface area contributed by atoms with Crippen LogP contribution in [0.3, 0.4) is 0 Å². The number of carbonyl (C=O) groups excluding carboxylic acids is 2. The van der Waals surface area contributed by atoms with Gasteiger partial charge in [-0.3, -0.25) is 28.9 Å². The monoisotopic (exact) mass is 672 g/mol. The number of thiophene rings is 1. The quantitative estimate of drug-likeness (QED) is 0.160. The molecule has 6 heterocycles. The highest BCUT2D eigenvalue weighted by molar-refractivity contribution is 14.2. The highest BCUT2D eigenvalue weighted by Crippen LogP contribution is 2.28. The minimum atomic E-state index is -0.699. The Hall–Kier alpha value is -3.50. The van der Waals surface area contributed by atoms with Crippen LogP contribution in [-0.4, -0.2) is 43.8 Å². The Labute approximate surface area is 240 Å². The van der Waals surface area contributed by atoms with Crippen molar-refractivity contribution in [3.05, 3.63) is 75.7 Å². The van der Waals surface area contributed by atoms with Crippen molar-refractivity contribution in [2.24, 2.45) is 4.99 Å². The number of aryl methyl sites for hydroxylation is 1. The van der Waals surface area contributed by atoms with Gasteiger partial charge < -0.3 is 16.4 Å². The lowest BCUT2D eigenvalue weighted by Gasteiger charge is -2.16. The van der Waals surface area contributed by atoms with Gasteiger partial charge in [0.25, 0.3) is 11.5 Å². The molecule has 0 bridgehead atoms. The van der Waals surface area contributed by atoms with Crippen LogP contribution in [0.25, 0.3) is 10.1 Å². The maximum Gasteiger partial charge on any atom is 0.278 e. The van der Waals surface area contributed by atoms with Crippen LogP contribution in [0.1, 0.15) is 28.9 Å². The number of nitrogens with zero attached hydrogens (tertiary/aromatic N) is 5. The number of alkyl halides is 1. The molecule has 2 amide bonds. The second-order valence-corrected chi connectivity index (χ2v) is 14.1. The van der Waals surface area contributed by atoms with Crippen molar-refractivity contribution in [1.29, 1.82) is 0 Å². The second-order valence-electron chi connectivity index (χ2n) is 8.66. The molecule has 0 unspecified atom stereocenters. The van der Waals surface area contributed by atoms with Gasteiger partial charge in [-0.05, 0) is 30.7 Å². The summed E-state index contributed by atoms with van der Waals surface area (Å²) in [6.45, 7) is 0.321. The predicted molar refractivity (Wildman–Crippen MR) is 163 cm³/mol. The van der Waals surface area contributed by atoms with E-state index >= 15 is 0 Å². The molecule has 39 heavy (non-hydrogen) atoms. The highest BCUT2D eigenvalue weighted by atomic mass is 127. The first-order chi connectivity index (χ1) is 19.0. The van der Waals surface area contributed by atoms with Crippen LogP contribution in [0.15, 0.2) is 58.7 Å². The van der Waals surface area contributed by atoms with Crippen molar-refractivity contribution >= 4 is 85.1 Å². The van der Waals surface area contributed by atoms with Crippen LogP contribution in [0.4, 0.5) is 11.5 Å². The molecule has 0 aromatic carbocycles. The summed E-state index contributed by atoms with van der Waals surface area (Å²) in [5.41, 5.74) is 6.09. The molecule has 0 saturated heterocycles. The molecule has 2 aliphatic rings. The van der Waals surface area contributed by atoms with E-state index in [1.165, 1.54) is 33.9 Å². The third kappa shape index (κ3) is 5.35. The summed E-state index contributed by atoms with van der Waals surface area (Å²) in [6.07, 6.45) is 5.73. The number of halogens is 1. The number of nitrogens with one attached hydrogen (secondary N) is 2. The van der Waals surface area contributed by atoms with E-state index in [2.05, 4.69) is 30.6 Å². The third-order valence-electron chi connectivity index (χ3n) is 6.12. The zero-order valence-electron chi connectivity index (χ0n) is 20.3. The number of carbonyl (C=O) groups is 2. The summed E-state index contributed by atoms with van der Waals surface area (Å²) in [5, 5.41) is 7.32. The molecule has 0 aliphatic carbocycles. The van der Waals surface area contributed by atoms with E-state index in [1.807, 2.05) is 24.3 Å². The van der Waals surface area contributed by atoms with E-state index in [1.54, 1.807) is 18.5 Å². The molecule has 198 valence electrons. The van der Waals surface area contributed by atoms with Gasteiger partial charge in [-0.2, -0.15) is 0 Å². The Balaban J connectivity index is 1.14. The number of hydrogen-bond donors (Lipinski definition) is 3. The average molecular weight is 673 g/mol. The molecule has 4 aromatic heterocycles. The molecule has 11 nitrogen and oxygen atoms in total. The summed E-state index contributed by atoms with van der Waals surface area (Å²) in [5.74, 6) is 0.365. The topological polar surface area (TPSA) is 157 Å². The van der Waals surface area contributed by atoms with Gasteiger partial charge in [-0.1, -0.05) is 38.6 Å². The number of amides is 2. The van der Waals surface area contributed by atoms with Gasteiger partial charge in [0.2, 0.25) is 5.91 Å². The van der Waals surface area contributed by atoms with Gasteiger partial charge in [-0.15, -0.1) is 11.3 Å². The lowest BCUT2D eigenvalue weighted by Crippen LogP contribution is -2.37. The fourth-order valence-corrected chi connectivity index (χ4v) is 9.00. The fourth-order valence-electron chi connectivity index (χ4n) is 4.31. The number of fused-ring (bicyclic) bond motifs is 2. The first kappa shape index (κ1) is 25.8. The van der Waals surface area contributed by atoms with Crippen LogP contribution >= 0.6 is 43.8 Å². The Kier molecular flexibility index (Phi) is 7.22. The summed E-state index contributed by atoms with van der Waals surface area (Å²) in [7, 11) is 0. The minimum absolute atomic E-state index is 0.0528. The molecule has 4 N–H and O–H groups in total. The Morgan fingerprint density at radius 2 is 2.08 bits per heavy atom. The van der Waals surface area contributed by atoms with Gasteiger partial charge in [0, 0.05) is 33.8 Å². The SMILES string of the molecule is Nc1cc2sc(CNC(=O)[C@@H]3CCc4ncc(NC(=O)C5=ICN=C(c6ccccn6)S5)c(=O)n43)cc2cn1. The van der Waals surface area contributed by atoms with E-state index in [9.17, 15) is 14.4 Å². The first-order valence-electron chi connectivity index (χ1n) is 11.9. The summed E-state index contributed by atoms with van der Waals surface area (Å²) in [4.78, 5) is 57.8. The summed E-state index contributed by atoms with van der Waals surface area (Å²) in [6, 6.07) is 8.61. The zero-order chi connectivity index (χ0) is 26.9. The van der Waals surface area contributed by atoms with Gasteiger partial charge in [0.05, 0.1) is 23.0 Å². The molecule has 14 heteroatoms. The third-order valence-corrected chi connectivity index (χ3v) is 11.4. The van der Waals surface area contributed by atoms with Crippen molar-refractivity contribution in [2.45, 2.75) is 25.4 Å². The number of anilines is 2. The highest BCUT2D eigenvalue weighted by Gasteiger charge is 2.31. The van der Waals surface area contributed by atoms with Crippen molar-refractivity contribution in [2.75, 3.05) is 15.6 Å². The molecule has 4 aromatic rings. The Morgan fingerprint density at radius 3 is 2.92 bits per heavy atom. The van der Waals surface area contributed by atoms with E-state index in [0.717, 1.165) is 15.0 Å². The van der Waals surface area contributed by atoms with Gasteiger partial charge in [0.1, 0.15) is 31.3 Å². The van der Waals surface area contributed by atoms with Crippen molar-refractivity contribution in [1.82, 2.24) is 24.8 Å². The molecular formula is C25H21IN8O3S2. The van der Waals surface area contributed by atoms with Crippen LogP contribution in [0.5, 0.6) is 0 Å². The number of aromatic nitrogens is 4. The first-order valence-corrected chi connectivity index (χ1v) is 16.1. The Morgan fingerprint density at radius 1 is 1.18 bits per heavy atom. The molecule has 2 aliphatic heterocycles. The predicted octanol–water partition coefficient (Wildman–Crippen LogP) is 2.82. The van der Waals surface area contributed by atoms with E-state index in [-0.39, 0.29) is 17.5 Å². The lowest BCUT2D eigenvalue weighted by molar-refractivity contribution is -0.124. The number of rotatable bonds is 6. The zero-order valence-corrected chi connectivity index (χ0v) is 24.0. The van der Waals surface area contributed by atoms with E-state index < -0.39 is 32.3 Å². The number of nitrogen functional groups attached to an aromatic ring is 1. The van der Waals surface area contributed by atoms with Gasteiger partial charge >= 0.3 is 0 Å². The molecule has 0 saturated carbocycles. The molecule has 0 fully saturated rings. The number of thioether (sulfide) groups is 1. The molecular weight excluding hydrogens is 651 g/mol. The normalized spacial score (nSPS) is 16.6. The van der Waals surface area contributed by atoms with Crippen molar-refractivity contribution in [3.8, 4) is 0 Å². The fraction of sp³-hybridized carbons (Fsp3) is 0.200. The molecule has 0 spiro atoms. The molecule has 1 atom stereocenters. The minimum Gasteiger partial charge on any atom is -0.384 e. The van der Waals surface area contributed by atoms with E-state index in [0.29, 0.717) is 49.2 Å². The van der Waals surface area contributed by atoms with Crippen molar-refractivity contribution < 1.29 is 9.59 Å². The van der Waals surface area contributed by atoms with Crippen LogP contribution in [-0.2, 0) is 22.6 Å². The number of nitrogens with two attached hydrogens (primary N) is 1. The lowest BCUT2D eigenvalue weighted by atomic mass is 10.2. The molecule has 0 radical (unpaired) electrons. The largest absolute Gasteiger partial charge is 0.384 e. The number of pyridine rings is 2. The maximum atomic E-state index is 13.4. The summed E-state index contributed by atoms with van der Waals surface area (Å²) < 4.78 is 3.60. The van der Waals surface area contributed by atoms with Crippen LogP contribution in [0, 0.1) is 0 Å². The van der Waals surface area contributed by atoms with Gasteiger partial charge in [-0.25, -0.2) is 9.97 Å². The van der Waals surface area contributed by atoms with Crippen LogP contribution < -0.4 is 21.9 Å². The number of hydrogen-bond acceptors (Lipinski definition) is 10. The second kappa shape index (κ2) is 10.9. The standard InChI is InChI=1S/C25H21IN8O3S2/c27-19-8-18-13(9-29-19)7-14(38-18)10-31-22(35)17-4-5-20-30-11-16(25(37)34(17)20)33-23(36)21-26-12-32-24(39-21)15-3-1-2-6-28-15/h1-3,6-9,11,17H,4-5,10,12H2,(H2,27,29)(H,31,35)(H,33,36)/t17-/m0/s1. The maximum absolute atomic E-state index is 13.4. The van der Waals surface area contributed by atoms with Crippen LogP contribution in [0.2, 0.25) is 0 Å². The van der Waals surface area contributed by atoms with Crippen molar-refractivity contribution in [3.63, 3.8) is 0 Å². The Bertz CT molecular complexity index is 1730. The number of aliphatic imine (C=N–C) groups is 1. The molecule has 6 rings (SSSR count). The smallest absolute Gasteiger partial charge is 0.278 e. The summed E-state index contributed by atoms with van der Waals surface area (Å²) >= 11 is 2.19.